The lowest BCUT2D eigenvalue weighted by atomic mass is 10.2. The van der Waals surface area contributed by atoms with Crippen LogP contribution >= 0.6 is 11.8 Å². The minimum Gasteiger partial charge on any atom is -0.484 e. The van der Waals surface area contributed by atoms with E-state index in [1.807, 2.05) is 37.3 Å². The number of ether oxygens (including phenoxy) is 2. The molecule has 0 N–H and O–H groups in total. The highest BCUT2D eigenvalue weighted by Gasteiger charge is 2.21. The molecule has 1 heterocycles. The van der Waals surface area contributed by atoms with E-state index in [0.717, 1.165) is 17.3 Å². The number of aryl methyl sites for hydroxylation is 1. The Morgan fingerprint density at radius 2 is 1.90 bits per heavy atom. The van der Waals surface area contributed by atoms with Gasteiger partial charge in [-0.05, 0) is 43.7 Å². The predicted molar refractivity (Wildman–Crippen MR) is 116 cm³/mol. The number of benzene rings is 2. The van der Waals surface area contributed by atoms with Gasteiger partial charge in [0.25, 0.3) is 11.1 Å². The van der Waals surface area contributed by atoms with Crippen molar-refractivity contribution < 1.29 is 23.5 Å². The van der Waals surface area contributed by atoms with Gasteiger partial charge < -0.3 is 18.8 Å². The molecule has 0 bridgehead atoms. The zero-order chi connectivity index (χ0) is 22.1. The molecule has 1 amide bonds. The lowest BCUT2D eigenvalue weighted by Crippen LogP contribution is -2.37. The minimum atomic E-state index is -0.474. The van der Waals surface area contributed by atoms with Gasteiger partial charge in [-0.25, -0.2) is 0 Å². The van der Waals surface area contributed by atoms with Crippen LogP contribution in [0.25, 0.3) is 0 Å². The topological polar surface area (TPSA) is 94.8 Å². The molecule has 1 aromatic heterocycles. The second-order valence-corrected chi connectivity index (χ2v) is 7.40. The zero-order valence-corrected chi connectivity index (χ0v) is 18.1. The number of amides is 1. The van der Waals surface area contributed by atoms with Crippen LogP contribution in [-0.4, -0.2) is 41.0 Å². The SMILES string of the molecule is CCOC(=O)CN(C(=O)CSc1nnc(COc2cccc(C)c2)o1)c1ccccc1. The number of nitrogens with zero attached hydrogens (tertiary/aromatic N) is 3. The maximum atomic E-state index is 12.8. The van der Waals surface area contributed by atoms with Gasteiger partial charge in [-0.1, -0.05) is 42.1 Å². The van der Waals surface area contributed by atoms with E-state index in [2.05, 4.69) is 10.2 Å². The second kappa shape index (κ2) is 11.2. The molecule has 8 nitrogen and oxygen atoms in total. The number of rotatable bonds is 10. The molecule has 0 atom stereocenters. The first kappa shape index (κ1) is 22.4. The Labute approximate surface area is 184 Å². The standard InChI is InChI=1S/C22H23N3O5S/c1-3-28-21(27)13-25(17-9-5-4-6-10-17)20(26)15-31-22-24-23-19(30-22)14-29-18-11-7-8-16(2)12-18/h4-12H,3,13-15H2,1-2H3. The van der Waals surface area contributed by atoms with E-state index in [9.17, 15) is 9.59 Å². The number of anilines is 1. The van der Waals surface area contributed by atoms with Crippen molar-refractivity contribution in [3.05, 3.63) is 66.1 Å². The summed E-state index contributed by atoms with van der Waals surface area (Å²) in [4.78, 5) is 26.1. The van der Waals surface area contributed by atoms with Gasteiger partial charge in [0.05, 0.1) is 12.4 Å². The molecule has 3 aromatic rings. The van der Waals surface area contributed by atoms with Crippen molar-refractivity contribution in [2.75, 3.05) is 23.8 Å². The number of esters is 1. The Morgan fingerprint density at radius 3 is 2.65 bits per heavy atom. The highest BCUT2D eigenvalue weighted by Crippen LogP contribution is 2.21. The van der Waals surface area contributed by atoms with E-state index in [1.54, 1.807) is 31.2 Å². The Hall–Kier alpha value is -3.33. The fourth-order valence-corrected chi connectivity index (χ4v) is 3.33. The highest BCUT2D eigenvalue weighted by molar-refractivity contribution is 7.99. The average molecular weight is 442 g/mol. The summed E-state index contributed by atoms with van der Waals surface area (Å²) in [6.07, 6.45) is 0. The molecule has 0 unspecified atom stereocenters. The summed E-state index contributed by atoms with van der Waals surface area (Å²) in [5.74, 6) is 0.287. The molecule has 0 radical (unpaired) electrons. The summed E-state index contributed by atoms with van der Waals surface area (Å²) >= 11 is 1.10. The fraction of sp³-hybridized carbons (Fsp3) is 0.273. The van der Waals surface area contributed by atoms with Gasteiger partial charge in [-0.2, -0.15) is 0 Å². The van der Waals surface area contributed by atoms with Crippen LogP contribution in [-0.2, 0) is 20.9 Å². The largest absolute Gasteiger partial charge is 0.484 e. The molecule has 0 saturated heterocycles. The number of carbonyl (C=O) groups excluding carboxylic acids is 2. The van der Waals surface area contributed by atoms with E-state index in [0.29, 0.717) is 17.3 Å². The van der Waals surface area contributed by atoms with Crippen molar-refractivity contribution in [3.63, 3.8) is 0 Å². The van der Waals surface area contributed by atoms with Crippen LogP contribution in [0.15, 0.2) is 64.2 Å². The van der Waals surface area contributed by atoms with Gasteiger partial charge >= 0.3 is 5.97 Å². The van der Waals surface area contributed by atoms with Gasteiger partial charge in [-0.3, -0.25) is 9.59 Å². The third-order valence-electron chi connectivity index (χ3n) is 4.08. The number of carbonyl (C=O) groups is 2. The number of hydrogen-bond acceptors (Lipinski definition) is 8. The van der Waals surface area contributed by atoms with Crippen LogP contribution in [0, 0.1) is 6.92 Å². The summed E-state index contributed by atoms with van der Waals surface area (Å²) in [7, 11) is 0. The van der Waals surface area contributed by atoms with Crippen LogP contribution in [0.3, 0.4) is 0 Å². The minimum absolute atomic E-state index is 0.0225. The van der Waals surface area contributed by atoms with E-state index in [-0.39, 0.29) is 36.6 Å². The van der Waals surface area contributed by atoms with Crippen LogP contribution in [0.1, 0.15) is 18.4 Å². The Kier molecular flexibility index (Phi) is 8.05. The van der Waals surface area contributed by atoms with Crippen molar-refractivity contribution in [2.24, 2.45) is 0 Å². The number of para-hydroxylation sites is 1. The summed E-state index contributed by atoms with van der Waals surface area (Å²) < 4.78 is 16.2. The smallest absolute Gasteiger partial charge is 0.326 e. The molecule has 31 heavy (non-hydrogen) atoms. The van der Waals surface area contributed by atoms with Gasteiger partial charge in [0.1, 0.15) is 12.3 Å². The summed E-state index contributed by atoms with van der Waals surface area (Å²) in [6.45, 7) is 3.91. The third-order valence-corrected chi connectivity index (χ3v) is 4.88. The van der Waals surface area contributed by atoms with Gasteiger partial charge in [-0.15, -0.1) is 10.2 Å². The van der Waals surface area contributed by atoms with Crippen molar-refractivity contribution in [1.29, 1.82) is 0 Å². The maximum absolute atomic E-state index is 12.8. The second-order valence-electron chi connectivity index (χ2n) is 6.48. The molecule has 3 rings (SSSR count). The molecule has 9 heteroatoms. The maximum Gasteiger partial charge on any atom is 0.326 e. The van der Waals surface area contributed by atoms with Gasteiger partial charge in [0, 0.05) is 5.69 Å². The lowest BCUT2D eigenvalue weighted by Gasteiger charge is -2.21. The van der Waals surface area contributed by atoms with Crippen molar-refractivity contribution in [3.8, 4) is 5.75 Å². The van der Waals surface area contributed by atoms with E-state index in [4.69, 9.17) is 13.9 Å². The van der Waals surface area contributed by atoms with Crippen LogP contribution < -0.4 is 9.64 Å². The molecular formula is C22H23N3O5S. The first-order valence-electron chi connectivity index (χ1n) is 9.71. The summed E-state index contributed by atoms with van der Waals surface area (Å²) in [6, 6.07) is 16.6. The number of hydrogen-bond donors (Lipinski definition) is 0. The molecule has 0 fully saturated rings. The molecule has 0 aliphatic rings. The van der Waals surface area contributed by atoms with Crippen molar-refractivity contribution in [1.82, 2.24) is 10.2 Å². The molecule has 162 valence electrons. The molecular weight excluding hydrogens is 418 g/mol. The van der Waals surface area contributed by atoms with E-state index < -0.39 is 5.97 Å². The van der Waals surface area contributed by atoms with Crippen LogP contribution in [0.2, 0.25) is 0 Å². The Bertz CT molecular complexity index is 1010. The fourth-order valence-electron chi connectivity index (χ4n) is 2.67. The lowest BCUT2D eigenvalue weighted by molar-refractivity contribution is -0.142. The molecule has 0 aliphatic carbocycles. The van der Waals surface area contributed by atoms with E-state index in [1.165, 1.54) is 4.90 Å². The summed E-state index contributed by atoms with van der Waals surface area (Å²) in [5.41, 5.74) is 1.70. The monoisotopic (exact) mass is 441 g/mol. The third kappa shape index (κ3) is 6.85. The normalized spacial score (nSPS) is 10.5. The quantitative estimate of drug-likeness (QED) is 0.348. The Morgan fingerprint density at radius 1 is 1.10 bits per heavy atom. The number of aromatic nitrogens is 2. The Balaban J connectivity index is 1.57. The van der Waals surface area contributed by atoms with Gasteiger partial charge in [0.15, 0.2) is 6.61 Å². The van der Waals surface area contributed by atoms with Gasteiger partial charge in [0.2, 0.25) is 5.91 Å². The zero-order valence-electron chi connectivity index (χ0n) is 17.3. The molecule has 0 saturated carbocycles. The van der Waals surface area contributed by atoms with Crippen molar-refractivity contribution in [2.45, 2.75) is 25.7 Å². The highest BCUT2D eigenvalue weighted by atomic mass is 32.2. The van der Waals surface area contributed by atoms with E-state index >= 15 is 0 Å². The average Bonchev–Trinajstić information content (AvgIpc) is 3.23. The van der Waals surface area contributed by atoms with Crippen LogP contribution in [0.4, 0.5) is 5.69 Å². The predicted octanol–water partition coefficient (Wildman–Crippen LogP) is 3.65. The first-order chi connectivity index (χ1) is 15.0. The molecule has 0 spiro atoms. The molecule has 2 aromatic carbocycles. The van der Waals surface area contributed by atoms with Crippen molar-refractivity contribution >= 4 is 29.3 Å². The summed E-state index contributed by atoms with van der Waals surface area (Å²) in [5, 5.41) is 8.14. The van der Waals surface area contributed by atoms with Crippen LogP contribution in [0.5, 0.6) is 5.75 Å². The molecule has 0 aliphatic heterocycles. The first-order valence-corrected chi connectivity index (χ1v) is 10.7. The number of thioether (sulfide) groups is 1.